The molecule has 1 aromatic carbocycles. The average molecular weight is 243 g/mol. The first-order valence-corrected chi connectivity index (χ1v) is 6.46. The highest BCUT2D eigenvalue weighted by Gasteiger charge is 2.39. The second-order valence-electron chi connectivity index (χ2n) is 5.49. The van der Waals surface area contributed by atoms with Crippen molar-refractivity contribution in [1.82, 2.24) is 4.90 Å². The smallest absolute Gasteiger partial charge is 0.0991 e. The van der Waals surface area contributed by atoms with Crippen LogP contribution in [0, 0.1) is 11.3 Å². The Balaban J connectivity index is 2.07. The van der Waals surface area contributed by atoms with Gasteiger partial charge in [-0.25, -0.2) is 0 Å². The molecule has 0 spiro atoms. The molecule has 0 N–H and O–H groups in total. The van der Waals surface area contributed by atoms with Crippen LogP contribution in [-0.4, -0.2) is 38.1 Å². The summed E-state index contributed by atoms with van der Waals surface area (Å²) in [6.07, 6.45) is 3.89. The average Bonchev–Trinajstić information content (AvgIpc) is 2.33. The third-order valence-corrected chi connectivity index (χ3v) is 4.20. The van der Waals surface area contributed by atoms with Gasteiger partial charge in [0.15, 0.2) is 0 Å². The van der Waals surface area contributed by atoms with Gasteiger partial charge in [0, 0.05) is 24.8 Å². The first-order chi connectivity index (χ1) is 8.57. The van der Waals surface area contributed by atoms with Crippen LogP contribution in [-0.2, 0) is 0 Å². The van der Waals surface area contributed by atoms with Crippen molar-refractivity contribution in [3.63, 3.8) is 0 Å². The number of benzene rings is 1. The summed E-state index contributed by atoms with van der Waals surface area (Å²) in [7, 11) is 6.47. The Morgan fingerprint density at radius 2 is 1.78 bits per heavy atom. The highest BCUT2D eigenvalue weighted by atomic mass is 15.2. The van der Waals surface area contributed by atoms with E-state index in [1.54, 1.807) is 0 Å². The van der Waals surface area contributed by atoms with Crippen molar-refractivity contribution < 1.29 is 0 Å². The minimum Gasteiger partial charge on any atom is -0.373 e. The van der Waals surface area contributed by atoms with Crippen LogP contribution in [0.5, 0.6) is 0 Å². The molecule has 2 rings (SSSR count). The van der Waals surface area contributed by atoms with E-state index in [0.29, 0.717) is 5.54 Å². The third kappa shape index (κ3) is 2.34. The quantitative estimate of drug-likeness (QED) is 0.814. The molecule has 0 saturated heterocycles. The molecule has 0 aromatic heterocycles. The Morgan fingerprint density at radius 3 is 2.17 bits per heavy atom. The predicted molar refractivity (Wildman–Crippen MR) is 74.7 cm³/mol. The molecule has 0 aliphatic heterocycles. The summed E-state index contributed by atoms with van der Waals surface area (Å²) in [5.41, 5.74) is 2.24. The summed E-state index contributed by atoms with van der Waals surface area (Å²) in [5, 5.41) is 8.80. The molecule has 96 valence electrons. The molecule has 1 saturated carbocycles. The van der Waals surface area contributed by atoms with Crippen LogP contribution in [0.25, 0.3) is 0 Å². The maximum atomic E-state index is 8.80. The SMILES string of the molecule is CN(CC1(N(C)C)CCC1)c1ccc(C#N)cc1. The van der Waals surface area contributed by atoms with E-state index < -0.39 is 0 Å². The fourth-order valence-corrected chi connectivity index (χ4v) is 2.65. The second-order valence-corrected chi connectivity index (χ2v) is 5.49. The van der Waals surface area contributed by atoms with Crippen molar-refractivity contribution in [1.29, 1.82) is 5.26 Å². The van der Waals surface area contributed by atoms with E-state index in [2.05, 4.69) is 37.0 Å². The highest BCUT2D eigenvalue weighted by Crippen LogP contribution is 2.37. The maximum Gasteiger partial charge on any atom is 0.0991 e. The monoisotopic (exact) mass is 243 g/mol. The largest absolute Gasteiger partial charge is 0.373 e. The Morgan fingerprint density at radius 1 is 1.17 bits per heavy atom. The molecule has 18 heavy (non-hydrogen) atoms. The summed E-state index contributed by atoms with van der Waals surface area (Å²) < 4.78 is 0. The van der Waals surface area contributed by atoms with Gasteiger partial charge in [-0.3, -0.25) is 0 Å². The van der Waals surface area contributed by atoms with E-state index in [1.807, 2.05) is 24.3 Å². The Labute approximate surface area is 110 Å². The van der Waals surface area contributed by atoms with E-state index in [1.165, 1.54) is 24.9 Å². The molecule has 0 radical (unpaired) electrons. The molecular weight excluding hydrogens is 222 g/mol. The summed E-state index contributed by atoms with van der Waals surface area (Å²) in [6.45, 7) is 1.05. The molecule has 1 aliphatic carbocycles. The molecule has 1 aromatic rings. The normalized spacial score (nSPS) is 17.1. The molecular formula is C15H21N3. The van der Waals surface area contributed by atoms with Crippen molar-refractivity contribution >= 4 is 5.69 Å². The molecule has 3 nitrogen and oxygen atoms in total. The van der Waals surface area contributed by atoms with E-state index in [0.717, 1.165) is 12.1 Å². The van der Waals surface area contributed by atoms with E-state index in [-0.39, 0.29) is 0 Å². The number of anilines is 1. The molecule has 1 aliphatic rings. The minimum absolute atomic E-state index is 0.336. The molecule has 0 atom stereocenters. The lowest BCUT2D eigenvalue weighted by atomic mass is 9.75. The first kappa shape index (κ1) is 12.9. The van der Waals surface area contributed by atoms with Gasteiger partial charge in [0.05, 0.1) is 11.6 Å². The van der Waals surface area contributed by atoms with Gasteiger partial charge in [0.25, 0.3) is 0 Å². The summed E-state index contributed by atoms with van der Waals surface area (Å²) in [5.74, 6) is 0. The van der Waals surface area contributed by atoms with Gasteiger partial charge in [0.2, 0.25) is 0 Å². The van der Waals surface area contributed by atoms with Gasteiger partial charge >= 0.3 is 0 Å². The zero-order valence-corrected chi connectivity index (χ0v) is 11.5. The maximum absolute atomic E-state index is 8.80. The molecule has 3 heteroatoms. The Kier molecular flexibility index (Phi) is 3.58. The van der Waals surface area contributed by atoms with Crippen molar-refractivity contribution in [3.8, 4) is 6.07 Å². The lowest BCUT2D eigenvalue weighted by Gasteiger charge is -2.49. The van der Waals surface area contributed by atoms with E-state index in [9.17, 15) is 0 Å². The number of likely N-dealkylation sites (N-methyl/N-ethyl adjacent to an activating group) is 2. The van der Waals surface area contributed by atoms with Crippen molar-refractivity contribution in [2.24, 2.45) is 0 Å². The van der Waals surface area contributed by atoms with Crippen molar-refractivity contribution in [2.75, 3.05) is 32.6 Å². The first-order valence-electron chi connectivity index (χ1n) is 6.46. The van der Waals surface area contributed by atoms with Crippen LogP contribution >= 0.6 is 0 Å². The Bertz CT molecular complexity index is 438. The topological polar surface area (TPSA) is 30.3 Å². The van der Waals surface area contributed by atoms with Gasteiger partial charge in [-0.1, -0.05) is 0 Å². The summed E-state index contributed by atoms with van der Waals surface area (Å²) in [4.78, 5) is 4.65. The second kappa shape index (κ2) is 4.99. The van der Waals surface area contributed by atoms with Gasteiger partial charge < -0.3 is 9.80 Å². The molecule has 0 heterocycles. The minimum atomic E-state index is 0.336. The van der Waals surface area contributed by atoms with E-state index >= 15 is 0 Å². The third-order valence-electron chi connectivity index (χ3n) is 4.20. The predicted octanol–water partition coefficient (Wildman–Crippen LogP) is 2.48. The number of hydrogen-bond donors (Lipinski definition) is 0. The van der Waals surface area contributed by atoms with Crippen LogP contribution in [0.2, 0.25) is 0 Å². The van der Waals surface area contributed by atoms with Gasteiger partial charge in [-0.2, -0.15) is 5.26 Å². The fraction of sp³-hybridized carbons (Fsp3) is 0.533. The summed E-state index contributed by atoms with van der Waals surface area (Å²) in [6, 6.07) is 9.98. The van der Waals surface area contributed by atoms with Crippen LogP contribution in [0.15, 0.2) is 24.3 Å². The van der Waals surface area contributed by atoms with E-state index in [4.69, 9.17) is 5.26 Å². The zero-order chi connectivity index (χ0) is 13.2. The standard InChI is InChI=1S/C15H21N3/c1-17(2)15(9-4-10-15)12-18(3)14-7-5-13(11-16)6-8-14/h5-8H,4,9-10,12H2,1-3H3. The van der Waals surface area contributed by atoms with Gasteiger partial charge in [-0.05, 0) is 57.6 Å². The van der Waals surface area contributed by atoms with Gasteiger partial charge in [0.1, 0.15) is 0 Å². The molecule has 1 fully saturated rings. The van der Waals surface area contributed by atoms with Gasteiger partial charge in [-0.15, -0.1) is 0 Å². The van der Waals surface area contributed by atoms with Crippen LogP contribution in [0.3, 0.4) is 0 Å². The van der Waals surface area contributed by atoms with Crippen LogP contribution < -0.4 is 4.90 Å². The number of rotatable bonds is 4. The lowest BCUT2D eigenvalue weighted by Crippen LogP contribution is -2.56. The van der Waals surface area contributed by atoms with Crippen molar-refractivity contribution in [3.05, 3.63) is 29.8 Å². The molecule has 0 amide bonds. The number of hydrogen-bond acceptors (Lipinski definition) is 3. The highest BCUT2D eigenvalue weighted by molar-refractivity contribution is 5.49. The molecule has 0 bridgehead atoms. The molecule has 0 unspecified atom stereocenters. The zero-order valence-electron chi connectivity index (χ0n) is 11.5. The number of nitriles is 1. The van der Waals surface area contributed by atoms with Crippen molar-refractivity contribution in [2.45, 2.75) is 24.8 Å². The van der Waals surface area contributed by atoms with Crippen LogP contribution in [0.1, 0.15) is 24.8 Å². The summed E-state index contributed by atoms with van der Waals surface area (Å²) >= 11 is 0. The van der Waals surface area contributed by atoms with Crippen LogP contribution in [0.4, 0.5) is 5.69 Å². The number of nitrogens with zero attached hydrogens (tertiary/aromatic N) is 3. The lowest BCUT2D eigenvalue weighted by molar-refractivity contribution is 0.0683. The fourth-order valence-electron chi connectivity index (χ4n) is 2.65. The Hall–Kier alpha value is -1.53.